The number of hydrogen-bond donors (Lipinski definition) is 0. The van der Waals surface area contributed by atoms with E-state index in [2.05, 4.69) is 0 Å². The van der Waals surface area contributed by atoms with Gasteiger partial charge in [-0.3, -0.25) is 58.0 Å². The predicted octanol–water partition coefficient (Wildman–Crippen LogP) is 17.1. The molecular formula is C80H60F16N4O8. The van der Waals surface area contributed by atoms with E-state index in [1.54, 1.807) is 97.1 Å². The normalized spacial score (nSPS) is 24.7. The molecule has 0 unspecified atom stereocenters. The number of hydrogen-bond acceptors (Lipinski definition) is 8. The monoisotopic (exact) mass is 1510 g/mol. The number of carbonyl (C=O) groups is 8. The number of halogens is 16. The SMILES string of the molecule is O=C1C[C@@]2(C[C@@H]2c2ccc(F)cc2C(F)(F)F)C(=O)N1Cc1ccccc1.O=C1C[C@@]2(C[C@H]2c2ccc(F)cc2C(F)(F)F)C(=O)N1Cc1ccccc1.O=C1C[C@]2(C[C@@H]2c2ccc(F)cc2C(F)(F)F)C(=O)N1Cc1ccccc1.O=C1C[C@]2(C[C@H]2c2ccc(F)cc2C(F)(F)F)C(=O)N1Cc1ccccc1. The number of amides is 8. The lowest BCUT2D eigenvalue weighted by molar-refractivity contribution is -0.142. The zero-order chi connectivity index (χ0) is 77.6. The molecule has 0 N–H and O–H groups in total. The molecule has 8 fully saturated rings. The maximum atomic E-state index is 13.3. The quantitative estimate of drug-likeness (QED) is 0.0867. The topological polar surface area (TPSA) is 150 Å². The molecular weight excluding hydrogens is 1450 g/mol. The van der Waals surface area contributed by atoms with E-state index in [0.29, 0.717) is 24.3 Å². The Morgan fingerprint density at radius 3 is 0.611 bits per heavy atom. The predicted molar refractivity (Wildman–Crippen MR) is 351 cm³/mol. The van der Waals surface area contributed by atoms with Gasteiger partial charge in [-0.25, -0.2) is 17.6 Å². The molecule has 4 saturated heterocycles. The van der Waals surface area contributed by atoms with Crippen molar-refractivity contribution in [2.75, 3.05) is 0 Å². The van der Waals surface area contributed by atoms with Crippen LogP contribution in [-0.2, 0) is 89.2 Å². The Hall–Kier alpha value is -10.8. The van der Waals surface area contributed by atoms with Crippen molar-refractivity contribution in [3.63, 3.8) is 0 Å². The van der Waals surface area contributed by atoms with Gasteiger partial charge in [-0.05, 0) is 119 Å². The van der Waals surface area contributed by atoms with Gasteiger partial charge in [-0.15, -0.1) is 0 Å². The van der Waals surface area contributed by atoms with Crippen molar-refractivity contribution in [3.05, 3.63) is 284 Å². The third-order valence-electron chi connectivity index (χ3n) is 21.6. The van der Waals surface area contributed by atoms with Crippen molar-refractivity contribution in [1.29, 1.82) is 0 Å². The summed E-state index contributed by atoms with van der Waals surface area (Å²) in [4.78, 5) is 105. The van der Waals surface area contributed by atoms with Crippen LogP contribution >= 0.6 is 0 Å². The van der Waals surface area contributed by atoms with Crippen LogP contribution < -0.4 is 0 Å². The molecule has 8 aromatic carbocycles. The van der Waals surface area contributed by atoms with E-state index in [0.717, 1.165) is 90.4 Å². The Morgan fingerprint density at radius 1 is 0.269 bits per heavy atom. The molecule has 4 aliphatic heterocycles. The molecule has 4 heterocycles. The number of carbonyl (C=O) groups excluding carboxylic acids is 8. The second-order valence-electron chi connectivity index (χ2n) is 28.4. The van der Waals surface area contributed by atoms with Crippen LogP contribution in [0.4, 0.5) is 70.2 Å². The molecule has 8 aromatic rings. The van der Waals surface area contributed by atoms with Crippen molar-refractivity contribution in [1.82, 2.24) is 19.6 Å². The summed E-state index contributed by atoms with van der Waals surface area (Å²) < 4.78 is 213. The largest absolute Gasteiger partial charge is 0.416 e. The first-order valence-corrected chi connectivity index (χ1v) is 33.9. The Balaban J connectivity index is 0.000000127. The molecule has 108 heavy (non-hydrogen) atoms. The van der Waals surface area contributed by atoms with Crippen molar-refractivity contribution in [2.45, 2.75) is 126 Å². The molecule has 4 aliphatic carbocycles. The minimum atomic E-state index is -4.73. The van der Waals surface area contributed by atoms with Gasteiger partial charge in [0.25, 0.3) is 0 Å². The second kappa shape index (κ2) is 27.8. The van der Waals surface area contributed by atoms with E-state index < -0.39 is 139 Å². The lowest BCUT2D eigenvalue weighted by Gasteiger charge is -2.16. The van der Waals surface area contributed by atoms with Crippen LogP contribution in [0.15, 0.2) is 194 Å². The van der Waals surface area contributed by atoms with Crippen LogP contribution in [0.5, 0.6) is 0 Å². The zero-order valence-corrected chi connectivity index (χ0v) is 56.4. The van der Waals surface area contributed by atoms with Crippen LogP contribution in [-0.4, -0.2) is 66.9 Å². The number of nitrogens with zero attached hydrogens (tertiary/aromatic N) is 4. The van der Waals surface area contributed by atoms with Gasteiger partial charge in [0.15, 0.2) is 0 Å². The summed E-state index contributed by atoms with van der Waals surface area (Å²) in [6.07, 6.45) is -18.7. The average molecular weight is 1510 g/mol. The number of likely N-dealkylation sites (tertiary alicyclic amines) is 4. The van der Waals surface area contributed by atoms with E-state index in [4.69, 9.17) is 0 Å². The molecule has 4 saturated carbocycles. The smallest absolute Gasteiger partial charge is 0.278 e. The van der Waals surface area contributed by atoms with Crippen LogP contribution in [0.1, 0.15) is 142 Å². The van der Waals surface area contributed by atoms with Gasteiger partial charge >= 0.3 is 24.7 Å². The Bertz CT molecular complexity index is 4310. The maximum Gasteiger partial charge on any atom is 0.416 e. The summed E-state index contributed by atoms with van der Waals surface area (Å²) >= 11 is 0. The number of imide groups is 4. The molecule has 560 valence electrons. The number of rotatable bonds is 12. The lowest BCUT2D eigenvalue weighted by Crippen LogP contribution is -2.31. The summed E-state index contributed by atoms with van der Waals surface area (Å²) in [5, 5.41) is 0. The maximum absolute atomic E-state index is 13.3. The van der Waals surface area contributed by atoms with Crippen LogP contribution in [0.25, 0.3) is 0 Å². The molecule has 12 nitrogen and oxygen atoms in total. The summed E-state index contributed by atoms with van der Waals surface area (Å²) in [7, 11) is 0. The highest BCUT2D eigenvalue weighted by Gasteiger charge is 2.71. The van der Waals surface area contributed by atoms with Gasteiger partial charge in [0, 0.05) is 49.4 Å². The lowest BCUT2D eigenvalue weighted by atomic mass is 9.94. The molecule has 0 bridgehead atoms. The summed E-state index contributed by atoms with van der Waals surface area (Å²) in [6.45, 7) is 0.399. The Morgan fingerprint density at radius 2 is 0.444 bits per heavy atom. The molecule has 0 aromatic heterocycles. The van der Waals surface area contributed by atoms with Gasteiger partial charge in [-0.2, -0.15) is 52.7 Å². The molecule has 16 rings (SSSR count). The average Bonchev–Trinajstić information content (AvgIpc) is 1.56. The highest BCUT2D eigenvalue weighted by atomic mass is 19.4. The number of benzene rings is 8. The highest BCUT2D eigenvalue weighted by Crippen LogP contribution is 2.70. The first-order valence-electron chi connectivity index (χ1n) is 33.9. The minimum absolute atomic E-state index is 0.0997. The second-order valence-corrected chi connectivity index (χ2v) is 28.4. The fourth-order valence-corrected chi connectivity index (χ4v) is 15.9. The molecule has 28 heteroatoms. The summed E-state index contributed by atoms with van der Waals surface area (Å²) in [6, 6.07) is 45.6. The standard InChI is InChI=1S/4C20H15F4NO2/c4*21-13-6-7-14(15(8-13)20(22,23)24)16-9-19(16)10-17(26)25(18(19)27)11-12-4-2-1-3-5-12/h4*1-8,16H,9-11H2/t2*16-,19+;2*16-,19-/m1010/s1. The van der Waals surface area contributed by atoms with Crippen molar-refractivity contribution >= 4 is 47.3 Å². The van der Waals surface area contributed by atoms with Gasteiger partial charge in [0.1, 0.15) is 23.3 Å². The fourth-order valence-electron chi connectivity index (χ4n) is 15.9. The van der Waals surface area contributed by atoms with E-state index >= 15 is 0 Å². The van der Waals surface area contributed by atoms with Gasteiger partial charge in [0.2, 0.25) is 47.3 Å². The molecule has 8 amide bonds. The van der Waals surface area contributed by atoms with E-state index in [-0.39, 0.29) is 123 Å². The minimum Gasteiger partial charge on any atom is -0.278 e. The van der Waals surface area contributed by atoms with Gasteiger partial charge in [0.05, 0.1) is 70.1 Å². The van der Waals surface area contributed by atoms with Crippen molar-refractivity contribution in [2.24, 2.45) is 21.7 Å². The summed E-state index contributed by atoms with van der Waals surface area (Å²) in [5.41, 5.74) is -6.25. The Kier molecular flexibility index (Phi) is 19.4. The van der Waals surface area contributed by atoms with Gasteiger partial charge in [-0.1, -0.05) is 146 Å². The third-order valence-corrected chi connectivity index (χ3v) is 21.6. The molecule has 4 spiro atoms. The van der Waals surface area contributed by atoms with Crippen molar-refractivity contribution < 1.29 is 109 Å². The first kappa shape index (κ1) is 75.4. The third kappa shape index (κ3) is 14.5. The fraction of sp³-hybridized carbons (Fsp3) is 0.300. The van der Waals surface area contributed by atoms with E-state index in [1.807, 2.05) is 24.3 Å². The summed E-state index contributed by atoms with van der Waals surface area (Å²) in [5.74, 6) is -10.2. The first-order chi connectivity index (χ1) is 50.9. The Labute approximate surface area is 604 Å². The van der Waals surface area contributed by atoms with Crippen LogP contribution in [0.3, 0.4) is 0 Å². The highest BCUT2D eigenvalue weighted by molar-refractivity contribution is 6.11. The van der Waals surface area contributed by atoms with E-state index in [1.165, 1.54) is 0 Å². The van der Waals surface area contributed by atoms with Gasteiger partial charge < -0.3 is 0 Å². The molecule has 8 atom stereocenters. The van der Waals surface area contributed by atoms with Crippen LogP contribution in [0.2, 0.25) is 0 Å². The molecule has 8 aliphatic rings. The zero-order valence-electron chi connectivity index (χ0n) is 56.4. The van der Waals surface area contributed by atoms with Crippen molar-refractivity contribution in [3.8, 4) is 0 Å². The molecule has 0 radical (unpaired) electrons. The van der Waals surface area contributed by atoms with Crippen LogP contribution in [0, 0.1) is 44.9 Å². The number of alkyl halides is 12. The van der Waals surface area contributed by atoms with E-state index in [9.17, 15) is 109 Å².